The highest BCUT2D eigenvalue weighted by atomic mass is 35.5. The Kier molecular flexibility index (Phi) is 6.11. The number of benzene rings is 1. The Labute approximate surface area is 122 Å². The van der Waals surface area contributed by atoms with Crippen LogP contribution < -0.4 is 5.43 Å². The summed E-state index contributed by atoms with van der Waals surface area (Å²) in [6, 6.07) is 3.87. The van der Waals surface area contributed by atoms with Gasteiger partial charge in [0.1, 0.15) is 5.02 Å². The molecule has 0 bridgehead atoms. The van der Waals surface area contributed by atoms with E-state index >= 15 is 0 Å². The van der Waals surface area contributed by atoms with E-state index in [1.165, 1.54) is 12.1 Å². The monoisotopic (exact) mass is 297 g/mol. The molecule has 0 aromatic heterocycles. The SMILES string of the molecule is CCCCC(C)=NNC(=O)c1ccc(Cl)c([N+](=O)[O-])c1. The Morgan fingerprint density at radius 3 is 2.80 bits per heavy atom. The van der Waals surface area contributed by atoms with Gasteiger partial charge in [-0.15, -0.1) is 0 Å². The van der Waals surface area contributed by atoms with E-state index in [0.717, 1.165) is 31.0 Å². The van der Waals surface area contributed by atoms with Gasteiger partial charge in [-0.2, -0.15) is 5.10 Å². The van der Waals surface area contributed by atoms with E-state index in [1.54, 1.807) is 0 Å². The van der Waals surface area contributed by atoms with Gasteiger partial charge in [0.15, 0.2) is 0 Å². The molecule has 1 rings (SSSR count). The summed E-state index contributed by atoms with van der Waals surface area (Å²) in [5, 5.41) is 14.7. The quantitative estimate of drug-likeness (QED) is 0.495. The van der Waals surface area contributed by atoms with Crippen molar-refractivity contribution in [2.24, 2.45) is 5.10 Å². The van der Waals surface area contributed by atoms with Gasteiger partial charge >= 0.3 is 0 Å². The maximum Gasteiger partial charge on any atom is 0.288 e. The van der Waals surface area contributed by atoms with Gasteiger partial charge in [-0.3, -0.25) is 14.9 Å². The van der Waals surface area contributed by atoms with Crippen LogP contribution >= 0.6 is 11.6 Å². The van der Waals surface area contributed by atoms with E-state index in [2.05, 4.69) is 17.5 Å². The van der Waals surface area contributed by atoms with Gasteiger partial charge < -0.3 is 0 Å². The smallest absolute Gasteiger partial charge is 0.267 e. The molecule has 6 nitrogen and oxygen atoms in total. The predicted molar refractivity (Wildman–Crippen MR) is 78.2 cm³/mol. The number of amides is 1. The Morgan fingerprint density at radius 1 is 1.50 bits per heavy atom. The lowest BCUT2D eigenvalue weighted by molar-refractivity contribution is -0.384. The molecule has 1 amide bonds. The van der Waals surface area contributed by atoms with E-state index < -0.39 is 10.8 Å². The number of hydrogen-bond donors (Lipinski definition) is 1. The molecule has 0 aliphatic carbocycles. The predicted octanol–water partition coefficient (Wildman–Crippen LogP) is 3.54. The van der Waals surface area contributed by atoms with E-state index in [4.69, 9.17) is 11.6 Å². The molecular formula is C13H16ClN3O3. The fraction of sp³-hybridized carbons (Fsp3) is 0.385. The van der Waals surface area contributed by atoms with Crippen molar-refractivity contribution >= 4 is 28.9 Å². The number of unbranched alkanes of at least 4 members (excludes halogenated alkanes) is 1. The van der Waals surface area contributed by atoms with Crippen molar-refractivity contribution in [3.05, 3.63) is 38.9 Å². The summed E-state index contributed by atoms with van der Waals surface area (Å²) < 4.78 is 0. The second kappa shape index (κ2) is 7.59. The minimum Gasteiger partial charge on any atom is -0.267 e. The van der Waals surface area contributed by atoms with Crippen molar-refractivity contribution in [2.75, 3.05) is 0 Å². The molecule has 0 saturated carbocycles. The Balaban J connectivity index is 2.78. The first-order chi connectivity index (χ1) is 9.45. The van der Waals surface area contributed by atoms with Crippen molar-refractivity contribution in [3.8, 4) is 0 Å². The lowest BCUT2D eigenvalue weighted by atomic mass is 10.2. The summed E-state index contributed by atoms with van der Waals surface area (Å²) in [6.45, 7) is 3.89. The van der Waals surface area contributed by atoms with Crippen LogP contribution in [0.5, 0.6) is 0 Å². The van der Waals surface area contributed by atoms with Gasteiger partial charge in [-0.25, -0.2) is 5.43 Å². The molecule has 0 radical (unpaired) electrons. The molecule has 0 spiro atoms. The van der Waals surface area contributed by atoms with Crippen LogP contribution in [0.3, 0.4) is 0 Å². The fourth-order valence-electron chi connectivity index (χ4n) is 1.49. The van der Waals surface area contributed by atoms with Crippen LogP contribution in [0.4, 0.5) is 5.69 Å². The zero-order valence-corrected chi connectivity index (χ0v) is 12.1. The first kappa shape index (κ1) is 16.1. The van der Waals surface area contributed by atoms with Crippen molar-refractivity contribution in [2.45, 2.75) is 33.1 Å². The number of carbonyl (C=O) groups is 1. The van der Waals surface area contributed by atoms with Crippen LogP contribution in [0, 0.1) is 10.1 Å². The summed E-state index contributed by atoms with van der Waals surface area (Å²) in [4.78, 5) is 21.9. The van der Waals surface area contributed by atoms with Gasteiger partial charge in [0, 0.05) is 17.3 Å². The zero-order chi connectivity index (χ0) is 15.1. The average Bonchev–Trinajstić information content (AvgIpc) is 2.42. The van der Waals surface area contributed by atoms with Gasteiger partial charge in [-0.05, 0) is 31.9 Å². The van der Waals surface area contributed by atoms with Crippen LogP contribution in [0.25, 0.3) is 0 Å². The largest absolute Gasteiger partial charge is 0.288 e. The summed E-state index contributed by atoms with van der Waals surface area (Å²) in [5.41, 5.74) is 3.03. The number of nitrogens with zero attached hydrogens (tertiary/aromatic N) is 2. The fourth-order valence-corrected chi connectivity index (χ4v) is 1.68. The molecule has 0 saturated heterocycles. The van der Waals surface area contributed by atoms with Crippen LogP contribution in [0.1, 0.15) is 43.5 Å². The highest BCUT2D eigenvalue weighted by Crippen LogP contribution is 2.24. The van der Waals surface area contributed by atoms with Crippen LogP contribution in [-0.2, 0) is 0 Å². The first-order valence-electron chi connectivity index (χ1n) is 6.23. The molecule has 0 heterocycles. The van der Waals surface area contributed by atoms with Crippen LogP contribution in [0.15, 0.2) is 23.3 Å². The lowest BCUT2D eigenvalue weighted by Gasteiger charge is -2.03. The Hall–Kier alpha value is -1.95. The van der Waals surface area contributed by atoms with Gasteiger partial charge in [0.25, 0.3) is 11.6 Å². The van der Waals surface area contributed by atoms with E-state index in [-0.39, 0.29) is 16.3 Å². The highest BCUT2D eigenvalue weighted by Gasteiger charge is 2.15. The normalized spacial score (nSPS) is 11.2. The number of rotatable bonds is 6. The Morgan fingerprint density at radius 2 is 2.20 bits per heavy atom. The maximum absolute atomic E-state index is 11.8. The molecule has 1 N–H and O–H groups in total. The number of nitro groups is 1. The Bertz CT molecular complexity index is 544. The molecule has 7 heteroatoms. The molecule has 1 aromatic rings. The van der Waals surface area contributed by atoms with E-state index in [0.29, 0.717) is 0 Å². The van der Waals surface area contributed by atoms with Gasteiger partial charge in [-0.1, -0.05) is 24.9 Å². The van der Waals surface area contributed by atoms with Crippen molar-refractivity contribution in [1.29, 1.82) is 0 Å². The van der Waals surface area contributed by atoms with Gasteiger partial charge in [0.05, 0.1) is 4.92 Å². The summed E-state index contributed by atoms with van der Waals surface area (Å²) in [7, 11) is 0. The molecule has 0 unspecified atom stereocenters. The molecule has 1 aromatic carbocycles. The number of nitrogens with one attached hydrogen (secondary N) is 1. The molecule has 0 aliphatic heterocycles. The van der Waals surface area contributed by atoms with Crippen molar-refractivity contribution in [3.63, 3.8) is 0 Å². The second-order valence-electron chi connectivity index (χ2n) is 4.31. The lowest BCUT2D eigenvalue weighted by Crippen LogP contribution is -2.19. The second-order valence-corrected chi connectivity index (χ2v) is 4.72. The van der Waals surface area contributed by atoms with Crippen LogP contribution in [0.2, 0.25) is 5.02 Å². The summed E-state index contributed by atoms with van der Waals surface area (Å²) >= 11 is 5.68. The third kappa shape index (κ3) is 4.62. The molecule has 0 aliphatic rings. The van der Waals surface area contributed by atoms with E-state index in [1.807, 2.05) is 6.92 Å². The topological polar surface area (TPSA) is 84.6 Å². The van der Waals surface area contributed by atoms with Gasteiger partial charge in [0.2, 0.25) is 0 Å². The molecule has 108 valence electrons. The standard InChI is InChI=1S/C13H16ClN3O3/c1-3-4-5-9(2)15-16-13(18)10-6-7-11(14)12(8-10)17(19)20/h6-8H,3-5H2,1-2H3,(H,16,18). The highest BCUT2D eigenvalue weighted by molar-refractivity contribution is 6.32. The maximum atomic E-state index is 11.8. The summed E-state index contributed by atoms with van der Waals surface area (Å²) in [6.07, 6.45) is 2.85. The third-order valence-electron chi connectivity index (χ3n) is 2.65. The molecule has 20 heavy (non-hydrogen) atoms. The number of hydrazone groups is 1. The minimum absolute atomic E-state index is 0.00539. The summed E-state index contributed by atoms with van der Waals surface area (Å²) in [5.74, 6) is -0.499. The minimum atomic E-state index is -0.630. The van der Waals surface area contributed by atoms with E-state index in [9.17, 15) is 14.9 Å². The third-order valence-corrected chi connectivity index (χ3v) is 2.97. The number of nitro benzene ring substituents is 1. The number of carbonyl (C=O) groups excluding carboxylic acids is 1. The molecular weight excluding hydrogens is 282 g/mol. The zero-order valence-electron chi connectivity index (χ0n) is 11.4. The first-order valence-corrected chi connectivity index (χ1v) is 6.61. The van der Waals surface area contributed by atoms with Crippen LogP contribution in [-0.4, -0.2) is 16.5 Å². The number of halogens is 1. The molecule has 0 fully saturated rings. The number of hydrogen-bond acceptors (Lipinski definition) is 4. The molecule has 0 atom stereocenters. The van der Waals surface area contributed by atoms with Crippen molar-refractivity contribution in [1.82, 2.24) is 5.43 Å². The van der Waals surface area contributed by atoms with Crippen molar-refractivity contribution < 1.29 is 9.72 Å². The average molecular weight is 298 g/mol.